The Morgan fingerprint density at radius 1 is 1.48 bits per heavy atom. The predicted molar refractivity (Wildman–Crippen MR) is 78.9 cm³/mol. The van der Waals surface area contributed by atoms with Crippen molar-refractivity contribution in [3.05, 3.63) is 23.8 Å². The lowest BCUT2D eigenvalue weighted by atomic mass is 9.98. The van der Waals surface area contributed by atoms with Gasteiger partial charge in [0.2, 0.25) is 0 Å². The van der Waals surface area contributed by atoms with Crippen LogP contribution in [0.5, 0.6) is 0 Å². The zero-order valence-corrected chi connectivity index (χ0v) is 12.2. The van der Waals surface area contributed by atoms with Gasteiger partial charge < -0.3 is 10.0 Å². The van der Waals surface area contributed by atoms with Gasteiger partial charge in [0, 0.05) is 31.8 Å². The maximum atomic E-state index is 12.6. The molecule has 1 fully saturated rings. The average molecular weight is 288 g/mol. The highest BCUT2D eigenvalue weighted by Gasteiger charge is 2.24. The summed E-state index contributed by atoms with van der Waals surface area (Å²) in [5.74, 6) is 0.216. The van der Waals surface area contributed by atoms with Crippen molar-refractivity contribution < 1.29 is 9.90 Å². The van der Waals surface area contributed by atoms with Crippen molar-refractivity contribution in [1.29, 1.82) is 0 Å². The zero-order valence-electron chi connectivity index (χ0n) is 12.2. The van der Waals surface area contributed by atoms with E-state index in [4.69, 9.17) is 0 Å². The lowest BCUT2D eigenvalue weighted by Crippen LogP contribution is -2.40. The van der Waals surface area contributed by atoms with Gasteiger partial charge in [0.15, 0.2) is 0 Å². The van der Waals surface area contributed by atoms with Gasteiger partial charge in [-0.2, -0.15) is 0 Å². The number of benzene rings is 1. The van der Waals surface area contributed by atoms with Gasteiger partial charge >= 0.3 is 0 Å². The van der Waals surface area contributed by atoms with E-state index in [9.17, 15) is 9.90 Å². The Hall–Kier alpha value is -1.95. The molecule has 0 radical (unpaired) electrons. The third-order valence-electron chi connectivity index (χ3n) is 4.12. The number of fused-ring (bicyclic) bond motifs is 1. The van der Waals surface area contributed by atoms with Crippen LogP contribution in [0.4, 0.5) is 0 Å². The summed E-state index contributed by atoms with van der Waals surface area (Å²) in [6, 6.07) is 5.54. The molecule has 0 spiro atoms. The molecule has 1 atom stereocenters. The number of aliphatic hydroxyl groups excluding tert-OH is 1. The normalized spacial score (nSPS) is 19.1. The van der Waals surface area contributed by atoms with E-state index in [1.807, 2.05) is 28.6 Å². The molecule has 2 aromatic rings. The molecule has 1 aromatic heterocycles. The molecule has 0 saturated carbocycles. The molecular formula is C15H20N4O2. The molecule has 1 aromatic carbocycles. The van der Waals surface area contributed by atoms with E-state index in [2.05, 4.69) is 10.3 Å². The van der Waals surface area contributed by atoms with Crippen LogP contribution < -0.4 is 0 Å². The molecule has 1 aliphatic heterocycles. The van der Waals surface area contributed by atoms with Gasteiger partial charge in [-0.1, -0.05) is 5.21 Å². The van der Waals surface area contributed by atoms with Crippen LogP contribution >= 0.6 is 0 Å². The highest BCUT2D eigenvalue weighted by atomic mass is 16.3. The number of aryl methyl sites for hydroxylation is 1. The molecule has 6 heteroatoms. The van der Waals surface area contributed by atoms with Crippen LogP contribution in [0.1, 0.15) is 30.1 Å². The second-order valence-corrected chi connectivity index (χ2v) is 5.55. The second-order valence-electron chi connectivity index (χ2n) is 5.55. The minimum Gasteiger partial charge on any atom is -0.396 e. The Kier molecular flexibility index (Phi) is 3.88. The van der Waals surface area contributed by atoms with Crippen LogP contribution in [-0.2, 0) is 6.54 Å². The number of hydrogen-bond donors (Lipinski definition) is 1. The topological polar surface area (TPSA) is 71.2 Å². The minimum atomic E-state index is 0.0149. The van der Waals surface area contributed by atoms with Gasteiger partial charge in [-0.15, -0.1) is 5.10 Å². The molecule has 0 aliphatic carbocycles. The Morgan fingerprint density at radius 2 is 2.33 bits per heavy atom. The first-order valence-corrected chi connectivity index (χ1v) is 7.46. The Balaban J connectivity index is 1.84. The smallest absolute Gasteiger partial charge is 0.253 e. The van der Waals surface area contributed by atoms with E-state index in [0.717, 1.165) is 37.0 Å². The minimum absolute atomic E-state index is 0.0149. The molecule has 1 saturated heterocycles. The average Bonchev–Trinajstić information content (AvgIpc) is 2.96. The van der Waals surface area contributed by atoms with Gasteiger partial charge in [-0.05, 0) is 43.9 Å². The van der Waals surface area contributed by atoms with Gasteiger partial charge in [0.1, 0.15) is 5.52 Å². The van der Waals surface area contributed by atoms with E-state index in [1.165, 1.54) is 0 Å². The fourth-order valence-corrected chi connectivity index (χ4v) is 2.92. The fourth-order valence-electron chi connectivity index (χ4n) is 2.92. The van der Waals surface area contributed by atoms with E-state index in [0.29, 0.717) is 12.1 Å². The predicted octanol–water partition coefficient (Wildman–Crippen LogP) is 1.30. The fraction of sp³-hybridized carbons (Fsp3) is 0.533. The molecule has 21 heavy (non-hydrogen) atoms. The number of carbonyl (C=O) groups excluding carboxylic acids is 1. The number of piperidine rings is 1. The standard InChI is InChI=1S/C15H20N4O2/c1-2-19-14-6-5-12(8-13(14)16-17-19)15(21)18-7-3-4-11(9-18)10-20/h5-6,8,11,20H,2-4,7,9-10H2,1H3. The van der Waals surface area contributed by atoms with E-state index < -0.39 is 0 Å². The monoisotopic (exact) mass is 288 g/mol. The molecule has 1 amide bonds. The third-order valence-corrected chi connectivity index (χ3v) is 4.12. The number of hydrogen-bond acceptors (Lipinski definition) is 4. The maximum Gasteiger partial charge on any atom is 0.253 e. The summed E-state index contributed by atoms with van der Waals surface area (Å²) in [5, 5.41) is 17.4. The molecule has 3 rings (SSSR count). The van der Waals surface area contributed by atoms with E-state index >= 15 is 0 Å². The van der Waals surface area contributed by atoms with E-state index in [1.54, 1.807) is 6.07 Å². The lowest BCUT2D eigenvalue weighted by Gasteiger charge is -2.31. The van der Waals surface area contributed by atoms with Crippen LogP contribution in [0.15, 0.2) is 18.2 Å². The van der Waals surface area contributed by atoms with Gasteiger partial charge in [0.25, 0.3) is 5.91 Å². The Labute approximate surface area is 123 Å². The quantitative estimate of drug-likeness (QED) is 0.924. The van der Waals surface area contributed by atoms with Crippen molar-refractivity contribution in [2.45, 2.75) is 26.3 Å². The number of aromatic nitrogens is 3. The molecule has 6 nitrogen and oxygen atoms in total. The van der Waals surface area contributed by atoms with Crippen LogP contribution in [0, 0.1) is 5.92 Å². The summed E-state index contributed by atoms with van der Waals surface area (Å²) in [6.07, 6.45) is 1.94. The first kappa shape index (κ1) is 14.0. The van der Waals surface area contributed by atoms with Crippen molar-refractivity contribution >= 4 is 16.9 Å². The second kappa shape index (κ2) is 5.81. The lowest BCUT2D eigenvalue weighted by molar-refractivity contribution is 0.0621. The summed E-state index contributed by atoms with van der Waals surface area (Å²) in [4.78, 5) is 14.4. The first-order chi connectivity index (χ1) is 10.2. The number of amides is 1. The van der Waals surface area contributed by atoms with Crippen molar-refractivity contribution in [3.63, 3.8) is 0 Å². The van der Waals surface area contributed by atoms with Crippen LogP contribution in [0.25, 0.3) is 11.0 Å². The number of rotatable bonds is 3. The number of nitrogens with zero attached hydrogens (tertiary/aromatic N) is 4. The molecular weight excluding hydrogens is 268 g/mol. The molecule has 112 valence electrons. The van der Waals surface area contributed by atoms with Crippen molar-refractivity contribution in [1.82, 2.24) is 19.9 Å². The van der Waals surface area contributed by atoms with Crippen LogP contribution in [0.3, 0.4) is 0 Å². The maximum absolute atomic E-state index is 12.6. The Morgan fingerprint density at radius 3 is 3.10 bits per heavy atom. The highest BCUT2D eigenvalue weighted by Crippen LogP contribution is 2.20. The number of carbonyl (C=O) groups is 1. The summed E-state index contributed by atoms with van der Waals surface area (Å²) < 4.78 is 1.81. The third kappa shape index (κ3) is 2.63. The summed E-state index contributed by atoms with van der Waals surface area (Å²) >= 11 is 0. The summed E-state index contributed by atoms with van der Waals surface area (Å²) in [7, 11) is 0. The zero-order chi connectivity index (χ0) is 14.8. The van der Waals surface area contributed by atoms with Crippen LogP contribution in [0.2, 0.25) is 0 Å². The number of likely N-dealkylation sites (tertiary alicyclic amines) is 1. The summed E-state index contributed by atoms with van der Waals surface area (Å²) in [5.41, 5.74) is 2.34. The van der Waals surface area contributed by atoms with Gasteiger partial charge in [0.05, 0.1) is 5.52 Å². The van der Waals surface area contributed by atoms with Gasteiger partial charge in [-0.25, -0.2) is 4.68 Å². The number of aliphatic hydroxyl groups is 1. The largest absolute Gasteiger partial charge is 0.396 e. The molecule has 0 bridgehead atoms. The SMILES string of the molecule is CCn1nnc2cc(C(=O)N3CCCC(CO)C3)ccc21. The summed E-state index contributed by atoms with van der Waals surface area (Å²) in [6.45, 7) is 4.31. The Bertz CT molecular complexity index is 652. The molecule has 1 unspecified atom stereocenters. The van der Waals surface area contributed by atoms with Gasteiger partial charge in [-0.3, -0.25) is 4.79 Å². The van der Waals surface area contributed by atoms with Crippen molar-refractivity contribution in [2.24, 2.45) is 5.92 Å². The van der Waals surface area contributed by atoms with Crippen LogP contribution in [-0.4, -0.2) is 50.6 Å². The molecule has 1 aliphatic rings. The van der Waals surface area contributed by atoms with E-state index in [-0.39, 0.29) is 18.4 Å². The van der Waals surface area contributed by atoms with Crippen molar-refractivity contribution in [2.75, 3.05) is 19.7 Å². The molecule has 2 heterocycles. The van der Waals surface area contributed by atoms with Crippen molar-refractivity contribution in [3.8, 4) is 0 Å². The first-order valence-electron chi connectivity index (χ1n) is 7.46. The highest BCUT2D eigenvalue weighted by molar-refractivity contribution is 5.97. The molecule has 1 N–H and O–H groups in total.